The smallest absolute Gasteiger partial charge is 0.338 e. The lowest BCUT2D eigenvalue weighted by Crippen LogP contribution is -2.11. The van der Waals surface area contributed by atoms with Crippen molar-refractivity contribution >= 4 is 0 Å². The van der Waals surface area contributed by atoms with Gasteiger partial charge in [-0.25, -0.2) is 4.98 Å². The summed E-state index contributed by atoms with van der Waals surface area (Å²) in [7, 11) is 1.74. The van der Waals surface area contributed by atoms with Crippen LogP contribution >= 0.6 is 0 Å². The Hall–Kier alpha value is -1.04. The number of nitrogens with one attached hydrogen (secondary N) is 2. The van der Waals surface area contributed by atoms with Crippen molar-refractivity contribution in [3.05, 3.63) is 17.7 Å². The number of H-pyrrole nitrogens is 1. The van der Waals surface area contributed by atoms with Gasteiger partial charge in [0.2, 0.25) is 5.82 Å². The molecule has 0 aromatic carbocycles. The number of hydrogen-bond donors (Lipinski definition) is 2. The van der Waals surface area contributed by atoms with Crippen LogP contribution in [0.1, 0.15) is 11.5 Å². The number of aromatic nitrogens is 2. The van der Waals surface area contributed by atoms with E-state index >= 15 is 0 Å². The molecule has 6 heteroatoms. The van der Waals surface area contributed by atoms with Gasteiger partial charge in [0.1, 0.15) is 0 Å². The molecule has 1 heterocycles. The summed E-state index contributed by atoms with van der Waals surface area (Å²) >= 11 is 0. The third-order valence-corrected chi connectivity index (χ3v) is 1.54. The van der Waals surface area contributed by atoms with E-state index in [4.69, 9.17) is 0 Å². The molecule has 0 amide bonds. The first-order valence-corrected chi connectivity index (χ1v) is 3.79. The summed E-state index contributed by atoms with van der Waals surface area (Å²) in [6, 6.07) is 0. The van der Waals surface area contributed by atoms with E-state index in [0.717, 1.165) is 0 Å². The molecule has 1 aromatic heterocycles. The summed E-state index contributed by atoms with van der Waals surface area (Å²) in [4.78, 5) is 5.44. The average molecular weight is 193 g/mol. The van der Waals surface area contributed by atoms with Crippen LogP contribution in [0.4, 0.5) is 13.2 Å². The zero-order chi connectivity index (χ0) is 9.90. The van der Waals surface area contributed by atoms with Gasteiger partial charge < -0.3 is 10.3 Å². The van der Waals surface area contributed by atoms with Gasteiger partial charge in [-0.1, -0.05) is 0 Å². The summed E-state index contributed by atoms with van der Waals surface area (Å²) in [5.74, 6) is -0.932. The number of rotatable bonds is 3. The van der Waals surface area contributed by atoms with E-state index in [9.17, 15) is 13.2 Å². The van der Waals surface area contributed by atoms with Crippen molar-refractivity contribution in [2.75, 3.05) is 13.6 Å². The minimum atomic E-state index is -4.38. The van der Waals surface area contributed by atoms with Crippen molar-refractivity contribution in [1.82, 2.24) is 15.3 Å². The molecule has 0 spiro atoms. The van der Waals surface area contributed by atoms with Crippen LogP contribution < -0.4 is 5.32 Å². The van der Waals surface area contributed by atoms with Gasteiger partial charge in [-0.3, -0.25) is 0 Å². The highest BCUT2D eigenvalue weighted by atomic mass is 19.4. The Kier molecular flexibility index (Phi) is 2.92. The molecule has 0 saturated heterocycles. The van der Waals surface area contributed by atoms with Gasteiger partial charge in [0.15, 0.2) is 0 Å². The molecule has 0 unspecified atom stereocenters. The van der Waals surface area contributed by atoms with E-state index < -0.39 is 12.0 Å². The highest BCUT2D eigenvalue weighted by molar-refractivity contribution is 5.04. The lowest BCUT2D eigenvalue weighted by Gasteiger charge is -2.00. The van der Waals surface area contributed by atoms with Crippen molar-refractivity contribution < 1.29 is 13.2 Å². The molecule has 0 saturated carbocycles. The third kappa shape index (κ3) is 2.73. The fourth-order valence-electron chi connectivity index (χ4n) is 0.890. The largest absolute Gasteiger partial charge is 0.449 e. The summed E-state index contributed by atoms with van der Waals surface area (Å²) < 4.78 is 36.0. The number of likely N-dealkylation sites (N-methyl/N-ethyl adjacent to an activating group) is 1. The van der Waals surface area contributed by atoms with E-state index in [1.54, 1.807) is 7.05 Å². The summed E-state index contributed by atoms with van der Waals surface area (Å²) in [5, 5.41) is 2.84. The standard InChI is InChI=1S/C7H10F3N3/c1-11-3-2-5-4-12-6(13-5)7(8,9)10/h4,11H,2-3H2,1H3,(H,12,13). The Balaban J connectivity index is 2.64. The van der Waals surface area contributed by atoms with Crippen molar-refractivity contribution in [1.29, 1.82) is 0 Å². The molecule has 0 fully saturated rings. The molecule has 0 radical (unpaired) electrons. The van der Waals surface area contributed by atoms with Gasteiger partial charge in [-0.05, 0) is 7.05 Å². The van der Waals surface area contributed by atoms with E-state index in [1.165, 1.54) is 6.20 Å². The highest BCUT2D eigenvalue weighted by Gasteiger charge is 2.34. The summed E-state index contributed by atoms with van der Waals surface area (Å²) in [6.45, 7) is 0.624. The zero-order valence-corrected chi connectivity index (χ0v) is 7.07. The summed E-state index contributed by atoms with van der Waals surface area (Å²) in [5.41, 5.74) is 0.488. The molecule has 1 aromatic rings. The topological polar surface area (TPSA) is 40.7 Å². The first-order chi connectivity index (χ1) is 6.04. The van der Waals surface area contributed by atoms with Gasteiger partial charge in [-0.15, -0.1) is 0 Å². The Morgan fingerprint density at radius 2 is 2.23 bits per heavy atom. The number of alkyl halides is 3. The molecule has 74 valence electrons. The molecule has 0 aliphatic carbocycles. The number of halogens is 3. The van der Waals surface area contributed by atoms with Crippen LogP contribution in [0.3, 0.4) is 0 Å². The second-order valence-corrected chi connectivity index (χ2v) is 2.61. The molecule has 0 aliphatic heterocycles. The number of imidazole rings is 1. The second kappa shape index (κ2) is 3.78. The SMILES string of the molecule is CNCCc1cnc(C(F)(F)F)[nH]1. The van der Waals surface area contributed by atoms with Crippen LogP contribution in [0, 0.1) is 0 Å². The fraction of sp³-hybridized carbons (Fsp3) is 0.571. The van der Waals surface area contributed by atoms with Crippen molar-refractivity contribution in [3.63, 3.8) is 0 Å². The first kappa shape index (κ1) is 10.0. The third-order valence-electron chi connectivity index (χ3n) is 1.54. The predicted octanol–water partition coefficient (Wildman–Crippen LogP) is 1.19. The minimum absolute atomic E-state index is 0.488. The van der Waals surface area contributed by atoms with Crippen LogP contribution in [-0.4, -0.2) is 23.6 Å². The maximum atomic E-state index is 12.0. The van der Waals surface area contributed by atoms with E-state index in [0.29, 0.717) is 18.7 Å². The average Bonchev–Trinajstić information content (AvgIpc) is 2.47. The first-order valence-electron chi connectivity index (χ1n) is 3.79. The van der Waals surface area contributed by atoms with Gasteiger partial charge in [0.25, 0.3) is 0 Å². The molecule has 2 N–H and O–H groups in total. The number of nitrogens with zero attached hydrogens (tertiary/aromatic N) is 1. The minimum Gasteiger partial charge on any atom is -0.338 e. The van der Waals surface area contributed by atoms with Crippen LogP contribution in [0.25, 0.3) is 0 Å². The van der Waals surface area contributed by atoms with Crippen LogP contribution in [0.2, 0.25) is 0 Å². The van der Waals surface area contributed by atoms with Gasteiger partial charge in [0.05, 0.1) is 0 Å². The molecular weight excluding hydrogens is 183 g/mol. The summed E-state index contributed by atoms with van der Waals surface area (Å²) in [6.07, 6.45) is -2.66. The van der Waals surface area contributed by atoms with Gasteiger partial charge in [-0.2, -0.15) is 13.2 Å². The number of aromatic amines is 1. The van der Waals surface area contributed by atoms with Crippen LogP contribution in [0.5, 0.6) is 0 Å². The molecule has 3 nitrogen and oxygen atoms in total. The second-order valence-electron chi connectivity index (χ2n) is 2.61. The quantitative estimate of drug-likeness (QED) is 0.757. The lowest BCUT2D eigenvalue weighted by atomic mass is 10.3. The monoisotopic (exact) mass is 193 g/mol. The maximum Gasteiger partial charge on any atom is 0.449 e. The Labute approximate surface area is 73.4 Å². The number of hydrogen-bond acceptors (Lipinski definition) is 2. The van der Waals surface area contributed by atoms with Crippen molar-refractivity contribution in [3.8, 4) is 0 Å². The van der Waals surface area contributed by atoms with E-state index in [2.05, 4.69) is 15.3 Å². The maximum absolute atomic E-state index is 12.0. The molecule has 1 rings (SSSR count). The van der Waals surface area contributed by atoms with E-state index in [1.807, 2.05) is 0 Å². The zero-order valence-electron chi connectivity index (χ0n) is 7.07. The Bertz CT molecular complexity index is 266. The van der Waals surface area contributed by atoms with Crippen LogP contribution in [0.15, 0.2) is 6.20 Å². The van der Waals surface area contributed by atoms with Gasteiger partial charge >= 0.3 is 6.18 Å². The Morgan fingerprint density at radius 1 is 1.54 bits per heavy atom. The van der Waals surface area contributed by atoms with Crippen molar-refractivity contribution in [2.24, 2.45) is 0 Å². The normalized spacial score (nSPS) is 12.0. The molecular formula is C7H10F3N3. The molecule has 0 aliphatic rings. The predicted molar refractivity (Wildman–Crippen MR) is 41.2 cm³/mol. The lowest BCUT2D eigenvalue weighted by molar-refractivity contribution is -0.144. The van der Waals surface area contributed by atoms with Gasteiger partial charge in [0, 0.05) is 24.9 Å². The van der Waals surface area contributed by atoms with Crippen LogP contribution in [-0.2, 0) is 12.6 Å². The Morgan fingerprint density at radius 3 is 2.69 bits per heavy atom. The molecule has 0 bridgehead atoms. The van der Waals surface area contributed by atoms with E-state index in [-0.39, 0.29) is 0 Å². The van der Waals surface area contributed by atoms with Crippen molar-refractivity contribution in [2.45, 2.75) is 12.6 Å². The molecule has 13 heavy (non-hydrogen) atoms. The fourth-order valence-corrected chi connectivity index (χ4v) is 0.890. The molecule has 0 atom stereocenters. The highest BCUT2D eigenvalue weighted by Crippen LogP contribution is 2.26.